The Morgan fingerprint density at radius 1 is 0.765 bits per heavy atom. The zero-order valence-electron chi connectivity index (χ0n) is 37.4. The number of hydrogen-bond acceptors (Lipinski definition) is 18. The van der Waals surface area contributed by atoms with Gasteiger partial charge in [0.05, 0.1) is 26.2 Å². The third kappa shape index (κ3) is 24.2. The minimum atomic E-state index is -0.832. The number of halogens is 4. The first-order valence-corrected chi connectivity index (χ1v) is 20.8. The Hall–Kier alpha value is -5.16. The molecule has 10 N–H and O–H groups in total. The molecule has 4 rings (SSSR count). The Kier molecular flexibility index (Phi) is 30.4. The first-order valence-electron chi connectivity index (χ1n) is 19.3. The minimum absolute atomic E-state index is 0. The summed E-state index contributed by atoms with van der Waals surface area (Å²) in [6, 6.07) is 8.22. The molecule has 23 nitrogen and oxygen atoms in total. The van der Waals surface area contributed by atoms with E-state index in [0.29, 0.717) is 61.9 Å². The fourth-order valence-electron chi connectivity index (χ4n) is 4.68. The number of hydroxylamine groups is 2. The van der Waals surface area contributed by atoms with Gasteiger partial charge in [0.2, 0.25) is 11.6 Å². The maximum atomic E-state index is 13.5. The van der Waals surface area contributed by atoms with Crippen LogP contribution in [0.2, 0.25) is 0 Å². The van der Waals surface area contributed by atoms with Gasteiger partial charge in [0.25, 0.3) is 0 Å². The average molecular weight is 1100 g/mol. The minimum Gasteiger partial charge on any atom is -0.870 e. The molecule has 2 heterocycles. The van der Waals surface area contributed by atoms with Crippen LogP contribution in [0.15, 0.2) is 74.6 Å². The number of nitrogens with two attached hydrogens (primary N) is 1. The molecule has 0 saturated carbocycles. The molecule has 4 aromatic rings. The van der Waals surface area contributed by atoms with Gasteiger partial charge in [-0.2, -0.15) is 4.99 Å². The van der Waals surface area contributed by atoms with E-state index in [1.54, 1.807) is 48.5 Å². The number of carbonyl (C=O) groups is 2. The molecule has 372 valence electrons. The van der Waals surface area contributed by atoms with Gasteiger partial charge in [-0.05, 0) is 157 Å². The number of nitrogens with zero attached hydrogens (tertiary/aromatic N) is 8. The van der Waals surface area contributed by atoms with Crippen molar-refractivity contribution < 1.29 is 82.5 Å². The van der Waals surface area contributed by atoms with E-state index in [0.717, 1.165) is 0 Å². The SMILES string of the molecule is C.C.CC(C)(C)OC(=O)N=C(CCCCNc1nonc1C(=Nc1ccc(F)c(Br)c1)NO)NC(=O)OC(C)(C)C.CC(N)=NCCCNc1nonc1C(=Nc1ccc(F)c(Br)c1)NO.[Na+].[OH-]. The zero-order valence-corrected chi connectivity index (χ0v) is 42.5. The van der Waals surface area contributed by atoms with Crippen LogP contribution in [-0.4, -0.2) is 103 Å². The molecule has 0 radical (unpaired) electrons. The summed E-state index contributed by atoms with van der Waals surface area (Å²) in [5.74, 6) is 0.168. The van der Waals surface area contributed by atoms with Crippen LogP contribution in [0.4, 0.5) is 41.4 Å². The predicted octanol–water partition coefficient (Wildman–Crippen LogP) is 5.78. The number of amides is 2. The van der Waals surface area contributed by atoms with Crippen LogP contribution in [0.5, 0.6) is 0 Å². The first kappa shape index (κ1) is 64.9. The number of hydrogen-bond donors (Lipinski definition) is 8. The van der Waals surface area contributed by atoms with Gasteiger partial charge in [0, 0.05) is 26.1 Å². The smallest absolute Gasteiger partial charge is 0.870 e. The number of benzene rings is 2. The Morgan fingerprint density at radius 3 is 1.63 bits per heavy atom. The molecule has 0 aliphatic rings. The van der Waals surface area contributed by atoms with Crippen LogP contribution in [0, 0.1) is 11.6 Å². The fourth-order valence-corrected chi connectivity index (χ4v) is 5.41. The van der Waals surface area contributed by atoms with Gasteiger partial charge in [-0.1, -0.05) is 14.9 Å². The van der Waals surface area contributed by atoms with Crippen LogP contribution >= 0.6 is 31.9 Å². The van der Waals surface area contributed by atoms with E-state index < -0.39 is 35.0 Å². The monoisotopic (exact) mass is 1100 g/mol. The molecule has 0 spiro atoms. The van der Waals surface area contributed by atoms with E-state index in [9.17, 15) is 28.8 Å². The van der Waals surface area contributed by atoms with E-state index >= 15 is 0 Å². The van der Waals surface area contributed by atoms with Crippen LogP contribution in [0.1, 0.15) is 100 Å². The van der Waals surface area contributed by atoms with Crippen molar-refractivity contribution in [3.63, 3.8) is 0 Å². The summed E-state index contributed by atoms with van der Waals surface area (Å²) in [7, 11) is 0. The largest absolute Gasteiger partial charge is 1.00 e. The number of unbranched alkanes of at least 4 members (excludes halogenated alkanes) is 1. The number of aromatic nitrogens is 4. The van der Waals surface area contributed by atoms with E-state index in [1.165, 1.54) is 36.4 Å². The summed E-state index contributed by atoms with van der Waals surface area (Å²) in [5, 5.41) is 42.4. The molecular formula is C40H59Br2F2N14NaO9. The van der Waals surface area contributed by atoms with Crippen molar-refractivity contribution in [2.45, 2.75) is 100 Å². The number of nitrogens with one attached hydrogen (secondary N) is 5. The van der Waals surface area contributed by atoms with Crippen molar-refractivity contribution in [2.24, 2.45) is 25.7 Å². The van der Waals surface area contributed by atoms with Crippen LogP contribution in [-0.2, 0) is 9.47 Å². The van der Waals surface area contributed by atoms with Crippen molar-refractivity contribution in [3.8, 4) is 0 Å². The Balaban J connectivity index is 0. The van der Waals surface area contributed by atoms with Gasteiger partial charge in [-0.3, -0.25) is 31.7 Å². The van der Waals surface area contributed by atoms with Crippen molar-refractivity contribution >= 4 is 90.4 Å². The van der Waals surface area contributed by atoms with Crippen molar-refractivity contribution in [2.75, 3.05) is 30.3 Å². The zero-order chi connectivity index (χ0) is 47.5. The maximum Gasteiger partial charge on any atom is 1.00 e. The van der Waals surface area contributed by atoms with E-state index in [4.69, 9.17) is 24.5 Å². The molecule has 68 heavy (non-hydrogen) atoms. The second kappa shape index (κ2) is 31.8. The van der Waals surface area contributed by atoms with Crippen LogP contribution in [0.3, 0.4) is 0 Å². The third-order valence-electron chi connectivity index (χ3n) is 7.31. The number of ether oxygens (including phenoxy) is 2. The number of alkyl carbamates (subject to hydrolysis) is 1. The van der Waals surface area contributed by atoms with E-state index in [-0.39, 0.29) is 100.0 Å². The van der Waals surface area contributed by atoms with Gasteiger partial charge >= 0.3 is 41.7 Å². The van der Waals surface area contributed by atoms with Gasteiger partial charge in [0.15, 0.2) is 23.1 Å². The van der Waals surface area contributed by atoms with Gasteiger partial charge in [-0.15, -0.1) is 0 Å². The van der Waals surface area contributed by atoms with E-state index in [2.05, 4.69) is 88.4 Å². The van der Waals surface area contributed by atoms with Gasteiger partial charge < -0.3 is 31.3 Å². The molecule has 2 aromatic carbocycles. The van der Waals surface area contributed by atoms with Crippen molar-refractivity contribution in [1.82, 2.24) is 36.9 Å². The second-order valence-corrected chi connectivity index (χ2v) is 16.8. The molecule has 0 aliphatic carbocycles. The molecule has 2 aromatic heterocycles. The molecule has 0 fully saturated rings. The summed E-state index contributed by atoms with van der Waals surface area (Å²) < 4.78 is 47.2. The molecule has 0 unspecified atom stereocenters. The van der Waals surface area contributed by atoms with Crippen LogP contribution < -0.4 is 62.2 Å². The summed E-state index contributed by atoms with van der Waals surface area (Å²) in [5.41, 5.74) is 8.87. The molecule has 0 atom stereocenters. The Labute approximate surface area is 431 Å². The Bertz CT molecular complexity index is 2300. The summed E-state index contributed by atoms with van der Waals surface area (Å²) in [6.07, 6.45) is 0.450. The standard InChI is InChI=1S/C24H33BrFN7O6.C14H17BrFN7O2.2CH4.Na.H2O/c1-23(2,3)37-21(34)29-17(30-22(35)38-24(4,5)6)9-7-8-12-27-19-18(32-39-33-19)20(31-36)28-14-10-11-16(26)15(25)13-14;1-8(17)18-5-2-6-19-13-12(22-25-23-13)14(21-24)20-9-3-4-11(16)10(15)7-9;;;;/h10-11,13,36H,7-9,12H2,1-6H3,(H,27,33)(H,28,31)(H,29,30,34,35);3-4,7,24H,2,5-6H2,1H3,(H2,17,18)(H,19,23)(H,20,21);2*1H4;;1H2/q;;;;+1;/p-1. The van der Waals surface area contributed by atoms with Gasteiger partial charge in [0.1, 0.15) is 28.7 Å². The Morgan fingerprint density at radius 2 is 1.22 bits per heavy atom. The first-order chi connectivity index (χ1) is 30.2. The number of anilines is 2. The molecule has 0 bridgehead atoms. The van der Waals surface area contributed by atoms with Crippen LogP contribution in [0.25, 0.3) is 0 Å². The van der Waals surface area contributed by atoms with Crippen molar-refractivity contribution in [3.05, 3.63) is 68.4 Å². The molecular weight excluding hydrogens is 1040 g/mol. The third-order valence-corrected chi connectivity index (χ3v) is 8.53. The maximum absolute atomic E-state index is 13.5. The topological polar surface area (TPSA) is 337 Å². The fraction of sp³-hybridized carbons (Fsp3) is 0.450. The average Bonchev–Trinajstić information content (AvgIpc) is 3.87. The van der Waals surface area contributed by atoms with E-state index in [1.807, 2.05) is 11.0 Å². The summed E-state index contributed by atoms with van der Waals surface area (Å²) in [4.78, 5) is 40.7. The second-order valence-electron chi connectivity index (χ2n) is 15.1. The molecule has 28 heteroatoms. The van der Waals surface area contributed by atoms with Crippen molar-refractivity contribution in [1.29, 1.82) is 0 Å². The number of aliphatic imine (C=N–C) groups is 4. The molecule has 2 amide bonds. The number of carbonyl (C=O) groups excluding carboxylic acids is 2. The quantitative estimate of drug-likeness (QED) is 0.0230. The summed E-state index contributed by atoms with van der Waals surface area (Å²) >= 11 is 6.16. The predicted molar refractivity (Wildman–Crippen MR) is 255 cm³/mol. The summed E-state index contributed by atoms with van der Waals surface area (Å²) in [6.45, 7) is 13.5. The molecule has 0 saturated heterocycles. The number of amidine groups is 4. The molecule has 0 aliphatic heterocycles. The number of rotatable bonds is 15. The normalized spacial score (nSPS) is 11.8. The van der Waals surface area contributed by atoms with Gasteiger partial charge in [-0.25, -0.2) is 37.6 Å².